The highest BCUT2D eigenvalue weighted by molar-refractivity contribution is 8.00. The summed E-state index contributed by atoms with van der Waals surface area (Å²) < 4.78 is 4.84. The SMILES string of the molecule is Cc1cc(NC(=O)CSCC(=O)Nc2cc(C(=O)O)c(C)cc2C)no1. The van der Waals surface area contributed by atoms with Crippen molar-refractivity contribution >= 4 is 41.1 Å². The number of amides is 2. The minimum absolute atomic E-state index is 0.0565. The molecule has 2 aromatic rings. The Hall–Kier alpha value is -2.81. The Morgan fingerprint density at radius 3 is 2.27 bits per heavy atom. The van der Waals surface area contributed by atoms with Gasteiger partial charge in [-0.3, -0.25) is 9.59 Å². The number of carboxylic acid groups (broad SMARTS) is 1. The van der Waals surface area contributed by atoms with Gasteiger partial charge in [-0.15, -0.1) is 11.8 Å². The van der Waals surface area contributed by atoms with Crippen LogP contribution in [0, 0.1) is 20.8 Å². The van der Waals surface area contributed by atoms with Crippen molar-refractivity contribution < 1.29 is 24.0 Å². The molecule has 0 radical (unpaired) electrons. The average Bonchev–Trinajstić information content (AvgIpc) is 2.94. The van der Waals surface area contributed by atoms with Gasteiger partial charge in [-0.2, -0.15) is 0 Å². The average molecular weight is 377 g/mol. The molecule has 0 atom stereocenters. The van der Waals surface area contributed by atoms with Gasteiger partial charge >= 0.3 is 5.97 Å². The van der Waals surface area contributed by atoms with Gasteiger partial charge in [0.15, 0.2) is 5.82 Å². The van der Waals surface area contributed by atoms with E-state index in [0.29, 0.717) is 22.8 Å². The van der Waals surface area contributed by atoms with Crippen LogP contribution in [0.25, 0.3) is 0 Å². The molecule has 0 aliphatic heterocycles. The molecule has 0 spiro atoms. The van der Waals surface area contributed by atoms with E-state index in [1.54, 1.807) is 32.9 Å². The first-order chi connectivity index (χ1) is 12.3. The fourth-order valence-electron chi connectivity index (χ4n) is 2.24. The summed E-state index contributed by atoms with van der Waals surface area (Å²) >= 11 is 1.14. The quantitative estimate of drug-likeness (QED) is 0.678. The number of thioether (sulfide) groups is 1. The van der Waals surface area contributed by atoms with Crippen LogP contribution in [-0.4, -0.2) is 39.6 Å². The molecule has 1 aromatic carbocycles. The van der Waals surface area contributed by atoms with E-state index in [1.165, 1.54) is 6.07 Å². The van der Waals surface area contributed by atoms with Gasteiger partial charge in [0.2, 0.25) is 11.8 Å². The number of aromatic nitrogens is 1. The zero-order valence-corrected chi connectivity index (χ0v) is 15.4. The number of benzene rings is 1. The Morgan fingerprint density at radius 2 is 1.69 bits per heavy atom. The third kappa shape index (κ3) is 5.35. The lowest BCUT2D eigenvalue weighted by atomic mass is 10.0. The summed E-state index contributed by atoms with van der Waals surface area (Å²) in [6.07, 6.45) is 0. The molecule has 0 aliphatic carbocycles. The van der Waals surface area contributed by atoms with E-state index in [-0.39, 0.29) is 28.9 Å². The first-order valence-electron chi connectivity index (χ1n) is 7.71. The summed E-state index contributed by atoms with van der Waals surface area (Å²) in [6, 6.07) is 4.74. The Bertz CT molecular complexity index is 847. The highest BCUT2D eigenvalue weighted by atomic mass is 32.2. The standard InChI is InChI=1S/C17H19N3O5S/c1-9-4-10(2)13(6-12(9)17(23)24)18-15(21)7-26-8-16(22)19-14-5-11(3)25-20-14/h4-6H,7-8H2,1-3H3,(H,18,21)(H,23,24)(H,19,20,22). The highest BCUT2D eigenvalue weighted by Crippen LogP contribution is 2.21. The van der Waals surface area contributed by atoms with Crippen molar-refractivity contribution in [3.63, 3.8) is 0 Å². The van der Waals surface area contributed by atoms with Crippen molar-refractivity contribution in [1.29, 1.82) is 0 Å². The number of carboxylic acids is 1. The second-order valence-corrected chi connectivity index (χ2v) is 6.68. The number of anilines is 2. The van der Waals surface area contributed by atoms with Crippen LogP contribution in [0.2, 0.25) is 0 Å². The van der Waals surface area contributed by atoms with E-state index < -0.39 is 5.97 Å². The molecule has 0 fully saturated rings. The van der Waals surface area contributed by atoms with Crippen LogP contribution in [0.1, 0.15) is 27.2 Å². The first kappa shape index (κ1) is 19.5. The Labute approximate surface area is 154 Å². The number of hydrogen-bond donors (Lipinski definition) is 3. The van der Waals surface area contributed by atoms with Crippen molar-refractivity contribution in [3.05, 3.63) is 40.6 Å². The number of nitrogens with zero attached hydrogens (tertiary/aromatic N) is 1. The van der Waals surface area contributed by atoms with Gasteiger partial charge in [-0.25, -0.2) is 4.79 Å². The minimum Gasteiger partial charge on any atom is -0.478 e. The van der Waals surface area contributed by atoms with Crippen LogP contribution in [0.4, 0.5) is 11.5 Å². The number of carbonyl (C=O) groups excluding carboxylic acids is 2. The van der Waals surface area contributed by atoms with Gasteiger partial charge < -0.3 is 20.3 Å². The van der Waals surface area contributed by atoms with E-state index in [2.05, 4.69) is 15.8 Å². The third-order valence-corrected chi connectivity index (χ3v) is 4.37. The van der Waals surface area contributed by atoms with Crippen LogP contribution in [0.15, 0.2) is 22.7 Å². The molecule has 0 unspecified atom stereocenters. The molecule has 9 heteroatoms. The third-order valence-electron chi connectivity index (χ3n) is 3.44. The van der Waals surface area contributed by atoms with Crippen molar-refractivity contribution in [2.45, 2.75) is 20.8 Å². The van der Waals surface area contributed by atoms with E-state index in [1.807, 2.05) is 0 Å². The van der Waals surface area contributed by atoms with E-state index >= 15 is 0 Å². The Morgan fingerprint density at radius 1 is 1.04 bits per heavy atom. The lowest BCUT2D eigenvalue weighted by Crippen LogP contribution is -2.19. The summed E-state index contributed by atoms with van der Waals surface area (Å²) in [4.78, 5) is 35.0. The molecule has 1 aromatic heterocycles. The largest absolute Gasteiger partial charge is 0.478 e. The lowest BCUT2D eigenvalue weighted by Gasteiger charge is -2.11. The predicted octanol–water partition coefficient (Wildman–Crippen LogP) is 2.61. The molecule has 3 N–H and O–H groups in total. The Balaban J connectivity index is 1.84. The van der Waals surface area contributed by atoms with Crippen LogP contribution in [0.3, 0.4) is 0 Å². The molecule has 8 nitrogen and oxygen atoms in total. The van der Waals surface area contributed by atoms with Gasteiger partial charge in [0, 0.05) is 11.8 Å². The fourth-order valence-corrected chi connectivity index (χ4v) is 2.86. The van der Waals surface area contributed by atoms with Crippen molar-refractivity contribution in [1.82, 2.24) is 5.16 Å². The molecule has 2 rings (SSSR count). The molecule has 0 aliphatic rings. The van der Waals surface area contributed by atoms with Crippen molar-refractivity contribution in [2.75, 3.05) is 22.1 Å². The van der Waals surface area contributed by atoms with Crippen LogP contribution < -0.4 is 10.6 Å². The monoisotopic (exact) mass is 377 g/mol. The van der Waals surface area contributed by atoms with Crippen LogP contribution in [0.5, 0.6) is 0 Å². The first-order valence-corrected chi connectivity index (χ1v) is 8.87. The number of carbonyl (C=O) groups is 3. The summed E-state index contributed by atoms with van der Waals surface area (Å²) in [5.74, 6) is -0.616. The second kappa shape index (κ2) is 8.52. The summed E-state index contributed by atoms with van der Waals surface area (Å²) in [6.45, 7) is 5.20. The fraction of sp³-hybridized carbons (Fsp3) is 0.294. The molecule has 1 heterocycles. The maximum atomic E-state index is 12.0. The number of nitrogens with one attached hydrogen (secondary N) is 2. The minimum atomic E-state index is -1.05. The predicted molar refractivity (Wildman–Crippen MR) is 98.7 cm³/mol. The van der Waals surface area contributed by atoms with Gasteiger partial charge in [-0.1, -0.05) is 11.2 Å². The highest BCUT2D eigenvalue weighted by Gasteiger charge is 2.13. The summed E-state index contributed by atoms with van der Waals surface area (Å²) in [5.41, 5.74) is 1.98. The molecule has 0 saturated heterocycles. The number of hydrogen-bond acceptors (Lipinski definition) is 6. The van der Waals surface area contributed by atoms with Gasteiger partial charge in [-0.05, 0) is 38.0 Å². The van der Waals surface area contributed by atoms with Crippen molar-refractivity contribution in [3.8, 4) is 0 Å². The maximum absolute atomic E-state index is 12.0. The van der Waals surface area contributed by atoms with Gasteiger partial charge in [0.25, 0.3) is 0 Å². The topological polar surface area (TPSA) is 122 Å². The smallest absolute Gasteiger partial charge is 0.336 e. The summed E-state index contributed by atoms with van der Waals surface area (Å²) in [7, 11) is 0. The number of aromatic carboxylic acids is 1. The zero-order chi connectivity index (χ0) is 19.3. The molecule has 0 saturated carbocycles. The van der Waals surface area contributed by atoms with Gasteiger partial charge in [0.1, 0.15) is 5.76 Å². The molecule has 26 heavy (non-hydrogen) atoms. The molecule has 138 valence electrons. The number of aryl methyl sites for hydroxylation is 3. The molecular formula is C17H19N3O5S. The second-order valence-electron chi connectivity index (χ2n) is 5.70. The van der Waals surface area contributed by atoms with Crippen LogP contribution >= 0.6 is 11.8 Å². The lowest BCUT2D eigenvalue weighted by molar-refractivity contribution is -0.114. The van der Waals surface area contributed by atoms with E-state index in [0.717, 1.165) is 17.3 Å². The molecule has 0 bridgehead atoms. The number of rotatable bonds is 7. The van der Waals surface area contributed by atoms with Crippen molar-refractivity contribution in [2.24, 2.45) is 0 Å². The molecular weight excluding hydrogens is 358 g/mol. The Kier molecular flexibility index (Phi) is 6.40. The maximum Gasteiger partial charge on any atom is 0.336 e. The van der Waals surface area contributed by atoms with Crippen LogP contribution in [-0.2, 0) is 9.59 Å². The van der Waals surface area contributed by atoms with E-state index in [9.17, 15) is 14.4 Å². The molecule has 2 amide bonds. The summed E-state index contributed by atoms with van der Waals surface area (Å²) in [5, 5.41) is 18.1. The van der Waals surface area contributed by atoms with Gasteiger partial charge in [0.05, 0.1) is 17.1 Å². The zero-order valence-electron chi connectivity index (χ0n) is 14.6. The normalized spacial score (nSPS) is 10.4. The van der Waals surface area contributed by atoms with E-state index in [4.69, 9.17) is 9.63 Å².